The molecule has 9 heteroatoms. The third kappa shape index (κ3) is 5.06. The van der Waals surface area contributed by atoms with Crippen LogP contribution in [0.2, 0.25) is 0 Å². The number of nitrogens with one attached hydrogen (secondary N) is 1. The summed E-state index contributed by atoms with van der Waals surface area (Å²) in [6.07, 6.45) is 1.05. The molecule has 0 fully saturated rings. The Balaban J connectivity index is 2.00. The zero-order valence-corrected chi connectivity index (χ0v) is 16.0. The number of rotatable bonds is 7. The number of sulfone groups is 1. The van der Waals surface area contributed by atoms with Crippen LogP contribution in [-0.4, -0.2) is 48.3 Å². The second kappa shape index (κ2) is 7.88. The van der Waals surface area contributed by atoms with E-state index in [0.29, 0.717) is 5.69 Å². The summed E-state index contributed by atoms with van der Waals surface area (Å²) in [7, 11) is -5.58. The van der Waals surface area contributed by atoms with Crippen molar-refractivity contribution < 1.29 is 21.6 Å². The Hall–Kier alpha value is -2.39. The van der Waals surface area contributed by atoms with Crippen molar-refractivity contribution in [2.75, 3.05) is 29.9 Å². The van der Waals surface area contributed by atoms with Crippen molar-refractivity contribution in [3.05, 3.63) is 60.2 Å². The Kier molecular flexibility index (Phi) is 6.04. The molecular formula is C17H20N2O5S2. The topological polar surface area (TPSA) is 101 Å². The number of amides is 1. The first-order chi connectivity index (χ1) is 12.1. The second-order valence-electron chi connectivity index (χ2n) is 5.67. The maximum Gasteiger partial charge on any atom is 0.251 e. The maximum atomic E-state index is 12.3. The highest BCUT2D eigenvalue weighted by Gasteiger charge is 2.19. The van der Waals surface area contributed by atoms with E-state index in [1.54, 1.807) is 30.3 Å². The normalized spacial score (nSPS) is 11.8. The van der Waals surface area contributed by atoms with E-state index in [9.17, 15) is 21.6 Å². The van der Waals surface area contributed by atoms with Crippen LogP contribution in [0.25, 0.3) is 0 Å². The molecule has 0 unspecified atom stereocenters. The molecule has 2 aromatic carbocycles. The highest BCUT2D eigenvalue weighted by Crippen LogP contribution is 2.15. The summed E-state index contributed by atoms with van der Waals surface area (Å²) in [5, 5.41) is 2.50. The van der Waals surface area contributed by atoms with E-state index in [2.05, 4.69) is 5.32 Å². The smallest absolute Gasteiger partial charge is 0.251 e. The van der Waals surface area contributed by atoms with Gasteiger partial charge in [0.25, 0.3) is 5.91 Å². The van der Waals surface area contributed by atoms with Crippen molar-refractivity contribution >= 4 is 31.5 Å². The molecule has 1 N–H and O–H groups in total. The minimum atomic E-state index is -3.60. The van der Waals surface area contributed by atoms with Gasteiger partial charge in [0, 0.05) is 25.4 Å². The highest BCUT2D eigenvalue weighted by molar-refractivity contribution is 7.92. The average Bonchev–Trinajstić information content (AvgIpc) is 2.61. The summed E-state index contributed by atoms with van der Waals surface area (Å²) in [4.78, 5) is 12.2. The lowest BCUT2D eigenvalue weighted by Gasteiger charge is -2.19. The molecule has 7 nitrogen and oxygen atoms in total. The molecule has 0 atom stereocenters. The highest BCUT2D eigenvalue weighted by atomic mass is 32.2. The van der Waals surface area contributed by atoms with Crippen LogP contribution in [0.5, 0.6) is 0 Å². The van der Waals surface area contributed by atoms with Crippen molar-refractivity contribution in [2.24, 2.45) is 0 Å². The molecule has 0 saturated heterocycles. The van der Waals surface area contributed by atoms with E-state index in [1.165, 1.54) is 31.3 Å². The summed E-state index contributed by atoms with van der Waals surface area (Å²) in [6.45, 7) is -0.0958. The van der Waals surface area contributed by atoms with Crippen molar-refractivity contribution in [3.8, 4) is 0 Å². The van der Waals surface area contributed by atoms with E-state index < -0.39 is 25.8 Å². The van der Waals surface area contributed by atoms with E-state index in [4.69, 9.17) is 0 Å². The Morgan fingerprint density at radius 3 is 2.27 bits per heavy atom. The summed E-state index contributed by atoms with van der Waals surface area (Å²) in [5.41, 5.74) is 0.682. The number of benzene rings is 2. The predicted octanol–water partition coefficient (Wildman–Crippen LogP) is 1.29. The van der Waals surface area contributed by atoms with Crippen LogP contribution >= 0.6 is 0 Å². The molecule has 0 heterocycles. The predicted molar refractivity (Wildman–Crippen MR) is 101 cm³/mol. The van der Waals surface area contributed by atoms with Crippen LogP contribution < -0.4 is 9.62 Å². The molecule has 2 aromatic rings. The lowest BCUT2D eigenvalue weighted by Crippen LogP contribution is -2.35. The van der Waals surface area contributed by atoms with Crippen molar-refractivity contribution in [3.63, 3.8) is 0 Å². The van der Waals surface area contributed by atoms with Gasteiger partial charge in [0.2, 0.25) is 10.0 Å². The van der Waals surface area contributed by atoms with Gasteiger partial charge in [0.15, 0.2) is 9.84 Å². The van der Waals surface area contributed by atoms with Gasteiger partial charge in [0.1, 0.15) is 0 Å². The second-order valence-corrected chi connectivity index (χ2v) is 9.81. The number of carbonyl (C=O) groups excluding carboxylic acids is 1. The third-order valence-corrected chi connectivity index (χ3v) is 6.58. The Labute approximate surface area is 153 Å². The Morgan fingerprint density at radius 1 is 1.00 bits per heavy atom. The summed E-state index contributed by atoms with van der Waals surface area (Å²) >= 11 is 0. The van der Waals surface area contributed by atoms with Gasteiger partial charge in [-0.25, -0.2) is 16.8 Å². The lowest BCUT2D eigenvalue weighted by molar-refractivity contribution is 0.0956. The molecule has 0 aliphatic heterocycles. The molecule has 0 aromatic heterocycles. The zero-order valence-electron chi connectivity index (χ0n) is 14.4. The molecule has 0 radical (unpaired) electrons. The number of nitrogens with zero attached hydrogens (tertiary/aromatic N) is 1. The first-order valence-electron chi connectivity index (χ1n) is 7.71. The minimum Gasteiger partial charge on any atom is -0.351 e. The first-order valence-corrected chi connectivity index (χ1v) is 11.2. The standard InChI is InChI=1S/C17H20N2O5S2/c1-19(15-8-4-3-5-9-15)26(23,24)12-11-18-17(20)14-7-6-10-16(13-14)25(2,21)22/h3-10,13H,11-12H2,1-2H3,(H,18,20). The van der Waals surface area contributed by atoms with Crippen LogP contribution in [0.4, 0.5) is 5.69 Å². The number of hydrogen-bond acceptors (Lipinski definition) is 5. The van der Waals surface area contributed by atoms with Crippen LogP contribution in [0, 0.1) is 0 Å². The van der Waals surface area contributed by atoms with Crippen molar-refractivity contribution in [2.45, 2.75) is 4.90 Å². The van der Waals surface area contributed by atoms with Gasteiger partial charge in [-0.2, -0.15) is 0 Å². The van der Waals surface area contributed by atoms with Crippen LogP contribution in [0.1, 0.15) is 10.4 Å². The quantitative estimate of drug-likeness (QED) is 0.760. The maximum absolute atomic E-state index is 12.3. The van der Waals surface area contributed by atoms with Gasteiger partial charge in [-0.15, -0.1) is 0 Å². The summed E-state index contributed by atoms with van der Waals surface area (Å²) in [6, 6.07) is 14.2. The molecule has 0 bridgehead atoms. The van der Waals surface area contributed by atoms with Crippen LogP contribution in [0.3, 0.4) is 0 Å². The van der Waals surface area contributed by atoms with Gasteiger partial charge in [-0.1, -0.05) is 24.3 Å². The number of hydrogen-bond donors (Lipinski definition) is 1. The Bertz CT molecular complexity index is 987. The van der Waals surface area contributed by atoms with Gasteiger partial charge in [-0.3, -0.25) is 9.10 Å². The average molecular weight is 396 g/mol. The lowest BCUT2D eigenvalue weighted by atomic mass is 10.2. The molecule has 26 heavy (non-hydrogen) atoms. The summed E-state index contributed by atoms with van der Waals surface area (Å²) < 4.78 is 48.9. The Morgan fingerprint density at radius 2 is 1.65 bits per heavy atom. The fraction of sp³-hybridized carbons (Fsp3) is 0.235. The number of carbonyl (C=O) groups is 1. The third-order valence-electron chi connectivity index (χ3n) is 3.71. The first kappa shape index (κ1) is 19.9. The number of sulfonamides is 1. The molecule has 1 amide bonds. The number of anilines is 1. The monoisotopic (exact) mass is 396 g/mol. The molecule has 0 saturated carbocycles. The fourth-order valence-electron chi connectivity index (χ4n) is 2.20. The molecular weight excluding hydrogens is 376 g/mol. The van der Waals surface area contributed by atoms with Crippen LogP contribution in [0.15, 0.2) is 59.5 Å². The van der Waals surface area contributed by atoms with E-state index >= 15 is 0 Å². The minimum absolute atomic E-state index is 0.0292. The molecule has 140 valence electrons. The van der Waals surface area contributed by atoms with Gasteiger partial charge in [-0.05, 0) is 30.3 Å². The molecule has 0 spiro atoms. The SMILES string of the molecule is CN(c1ccccc1)S(=O)(=O)CCNC(=O)c1cccc(S(C)(=O)=O)c1. The zero-order chi connectivity index (χ0) is 19.4. The fourth-order valence-corrected chi connectivity index (χ4v) is 3.94. The molecule has 0 aliphatic carbocycles. The van der Waals surface area contributed by atoms with Gasteiger partial charge >= 0.3 is 0 Å². The van der Waals surface area contributed by atoms with Crippen molar-refractivity contribution in [1.82, 2.24) is 5.32 Å². The molecule has 0 aliphatic rings. The van der Waals surface area contributed by atoms with Gasteiger partial charge in [0.05, 0.1) is 16.3 Å². The van der Waals surface area contributed by atoms with Crippen LogP contribution in [-0.2, 0) is 19.9 Å². The van der Waals surface area contributed by atoms with Crippen molar-refractivity contribution in [1.29, 1.82) is 0 Å². The molecule has 2 rings (SSSR count). The largest absolute Gasteiger partial charge is 0.351 e. The van der Waals surface area contributed by atoms with E-state index in [0.717, 1.165) is 10.6 Å². The van der Waals surface area contributed by atoms with Gasteiger partial charge < -0.3 is 5.32 Å². The number of para-hydroxylation sites is 1. The van der Waals surface area contributed by atoms with E-state index in [-0.39, 0.29) is 22.8 Å². The summed E-state index contributed by atoms with van der Waals surface area (Å²) in [5.74, 6) is -0.816. The van der Waals surface area contributed by atoms with E-state index in [1.807, 2.05) is 0 Å².